The number of hydrogen-bond donors (Lipinski definition) is 1. The molecule has 0 aliphatic heterocycles. The smallest absolute Gasteiger partial charge is 0.253 e. The first-order valence-electron chi connectivity index (χ1n) is 7.86. The van der Waals surface area contributed by atoms with Crippen molar-refractivity contribution < 1.29 is 19.0 Å². The van der Waals surface area contributed by atoms with Gasteiger partial charge in [0.05, 0.1) is 14.2 Å². The molecule has 0 aliphatic carbocycles. The van der Waals surface area contributed by atoms with Gasteiger partial charge in [0.2, 0.25) is 0 Å². The predicted octanol–water partition coefficient (Wildman–Crippen LogP) is 3.40. The number of halogens is 1. The highest BCUT2D eigenvalue weighted by Crippen LogP contribution is 2.27. The van der Waals surface area contributed by atoms with Crippen LogP contribution in [-0.2, 0) is 16.0 Å². The molecule has 134 valence electrons. The van der Waals surface area contributed by atoms with Gasteiger partial charge < -0.3 is 19.5 Å². The van der Waals surface area contributed by atoms with Gasteiger partial charge in [-0.1, -0.05) is 29.8 Å². The largest absolute Gasteiger partial charge is 0.493 e. The normalized spacial score (nSPS) is 11.7. The third-order valence-corrected chi connectivity index (χ3v) is 4.06. The topological polar surface area (TPSA) is 56.8 Å². The van der Waals surface area contributed by atoms with E-state index in [4.69, 9.17) is 25.8 Å². The van der Waals surface area contributed by atoms with Gasteiger partial charge in [0.15, 0.2) is 17.6 Å². The average molecular weight is 364 g/mol. The summed E-state index contributed by atoms with van der Waals surface area (Å²) < 4.78 is 15.8. The van der Waals surface area contributed by atoms with Crippen LogP contribution in [-0.4, -0.2) is 33.8 Å². The molecule has 0 saturated carbocycles. The minimum absolute atomic E-state index is 0.190. The molecule has 6 heteroatoms. The quantitative estimate of drug-likeness (QED) is 0.781. The fourth-order valence-electron chi connectivity index (χ4n) is 2.49. The predicted molar refractivity (Wildman–Crippen MR) is 97.5 cm³/mol. The van der Waals surface area contributed by atoms with Crippen LogP contribution in [0.1, 0.15) is 17.2 Å². The number of amides is 1. The Balaban J connectivity index is 1.94. The average Bonchev–Trinajstić information content (AvgIpc) is 2.63. The fourth-order valence-corrected chi connectivity index (χ4v) is 2.62. The molecular formula is C19H22ClNO4. The number of nitrogens with one attached hydrogen (secondary N) is 1. The van der Waals surface area contributed by atoms with Crippen LogP contribution in [0.4, 0.5) is 0 Å². The second-order valence-corrected chi connectivity index (χ2v) is 5.83. The van der Waals surface area contributed by atoms with E-state index in [9.17, 15) is 4.79 Å². The molecular weight excluding hydrogens is 342 g/mol. The van der Waals surface area contributed by atoms with Crippen molar-refractivity contribution in [2.45, 2.75) is 12.5 Å². The highest BCUT2D eigenvalue weighted by molar-refractivity contribution is 6.30. The summed E-state index contributed by atoms with van der Waals surface area (Å²) in [6, 6.07) is 12.7. The van der Waals surface area contributed by atoms with Gasteiger partial charge in [0.1, 0.15) is 0 Å². The fraction of sp³-hybridized carbons (Fsp3) is 0.316. The van der Waals surface area contributed by atoms with Crippen LogP contribution in [0, 0.1) is 0 Å². The van der Waals surface area contributed by atoms with Crippen molar-refractivity contribution in [1.82, 2.24) is 5.32 Å². The van der Waals surface area contributed by atoms with Crippen molar-refractivity contribution in [1.29, 1.82) is 0 Å². The molecule has 25 heavy (non-hydrogen) atoms. The van der Waals surface area contributed by atoms with Gasteiger partial charge in [0.25, 0.3) is 5.91 Å². The maximum Gasteiger partial charge on any atom is 0.253 e. The maximum absolute atomic E-state index is 12.4. The first-order chi connectivity index (χ1) is 12.1. The molecule has 0 fully saturated rings. The van der Waals surface area contributed by atoms with E-state index in [0.717, 1.165) is 11.1 Å². The van der Waals surface area contributed by atoms with Crippen LogP contribution >= 0.6 is 11.6 Å². The van der Waals surface area contributed by atoms with Gasteiger partial charge in [-0.25, -0.2) is 0 Å². The van der Waals surface area contributed by atoms with Crippen LogP contribution in [0.15, 0.2) is 42.5 Å². The molecule has 1 amide bonds. The number of carbonyl (C=O) groups is 1. The van der Waals surface area contributed by atoms with Crippen molar-refractivity contribution in [2.24, 2.45) is 0 Å². The Kier molecular flexibility index (Phi) is 7.10. The molecule has 0 aromatic heterocycles. The zero-order chi connectivity index (χ0) is 18.2. The minimum atomic E-state index is -0.664. The Labute approximate surface area is 152 Å². The van der Waals surface area contributed by atoms with E-state index < -0.39 is 6.10 Å². The summed E-state index contributed by atoms with van der Waals surface area (Å²) in [6.07, 6.45) is 0.00559. The summed E-state index contributed by atoms with van der Waals surface area (Å²) >= 11 is 5.88. The third-order valence-electron chi connectivity index (χ3n) is 3.81. The number of methoxy groups -OCH3 is 3. The van der Waals surface area contributed by atoms with E-state index >= 15 is 0 Å². The molecule has 0 radical (unpaired) electrons. The van der Waals surface area contributed by atoms with Crippen molar-refractivity contribution in [3.63, 3.8) is 0 Å². The minimum Gasteiger partial charge on any atom is -0.493 e. The molecule has 5 nitrogen and oxygen atoms in total. The second kappa shape index (κ2) is 9.30. The number of carbonyl (C=O) groups excluding carboxylic acids is 1. The molecule has 1 N–H and O–H groups in total. The summed E-state index contributed by atoms with van der Waals surface area (Å²) in [6.45, 7) is 0.488. The summed E-state index contributed by atoms with van der Waals surface area (Å²) in [5.74, 6) is 1.16. The van der Waals surface area contributed by atoms with Crippen LogP contribution in [0.3, 0.4) is 0 Å². The lowest BCUT2D eigenvalue weighted by Crippen LogP contribution is -2.31. The lowest BCUT2D eigenvalue weighted by molar-refractivity contribution is -0.131. The van der Waals surface area contributed by atoms with E-state index in [0.29, 0.717) is 29.5 Å². The highest BCUT2D eigenvalue weighted by atomic mass is 35.5. The molecule has 1 atom stereocenters. The molecule has 0 bridgehead atoms. The molecule has 0 spiro atoms. The van der Waals surface area contributed by atoms with E-state index in [1.807, 2.05) is 18.2 Å². The Morgan fingerprint density at radius 3 is 2.32 bits per heavy atom. The zero-order valence-electron chi connectivity index (χ0n) is 14.5. The van der Waals surface area contributed by atoms with Crippen LogP contribution in [0.5, 0.6) is 11.5 Å². The van der Waals surface area contributed by atoms with Crippen LogP contribution < -0.4 is 14.8 Å². The summed E-state index contributed by atoms with van der Waals surface area (Å²) in [7, 11) is 4.70. The Morgan fingerprint density at radius 1 is 1.04 bits per heavy atom. The molecule has 1 unspecified atom stereocenters. The monoisotopic (exact) mass is 363 g/mol. The number of benzene rings is 2. The Morgan fingerprint density at radius 2 is 1.72 bits per heavy atom. The Hall–Kier alpha value is -2.24. The van der Waals surface area contributed by atoms with E-state index in [2.05, 4.69) is 5.32 Å². The van der Waals surface area contributed by atoms with Gasteiger partial charge >= 0.3 is 0 Å². The standard InChI is InChI=1S/C19H22ClNO4/c1-23-16-9-4-13(12-17(16)24-2)10-11-21-19(22)18(25-3)14-5-7-15(20)8-6-14/h4-9,12,18H,10-11H2,1-3H3,(H,21,22). The van der Waals surface area contributed by atoms with Gasteiger partial charge in [-0.15, -0.1) is 0 Å². The summed E-state index contributed by atoms with van der Waals surface area (Å²) in [4.78, 5) is 12.4. The van der Waals surface area contributed by atoms with E-state index in [1.54, 1.807) is 38.5 Å². The summed E-state index contributed by atoms with van der Waals surface area (Å²) in [5.41, 5.74) is 1.80. The SMILES string of the molecule is COc1ccc(CCNC(=O)C(OC)c2ccc(Cl)cc2)cc1OC. The number of ether oxygens (including phenoxy) is 3. The van der Waals surface area contributed by atoms with Gasteiger partial charge in [0, 0.05) is 18.7 Å². The number of rotatable bonds is 8. The van der Waals surface area contributed by atoms with Gasteiger partial charge in [-0.3, -0.25) is 4.79 Å². The zero-order valence-corrected chi connectivity index (χ0v) is 15.3. The maximum atomic E-state index is 12.4. The van der Waals surface area contributed by atoms with E-state index in [1.165, 1.54) is 7.11 Å². The third kappa shape index (κ3) is 5.11. The molecule has 0 saturated heterocycles. The highest BCUT2D eigenvalue weighted by Gasteiger charge is 2.19. The van der Waals surface area contributed by atoms with Crippen LogP contribution in [0.25, 0.3) is 0 Å². The van der Waals surface area contributed by atoms with Crippen LogP contribution in [0.2, 0.25) is 5.02 Å². The lowest BCUT2D eigenvalue weighted by Gasteiger charge is -2.16. The van der Waals surface area contributed by atoms with Crippen molar-refractivity contribution in [2.75, 3.05) is 27.9 Å². The van der Waals surface area contributed by atoms with Crippen molar-refractivity contribution in [3.8, 4) is 11.5 Å². The second-order valence-electron chi connectivity index (χ2n) is 5.40. The molecule has 2 aromatic rings. The van der Waals surface area contributed by atoms with Crippen molar-refractivity contribution >= 4 is 17.5 Å². The molecule has 0 aliphatic rings. The van der Waals surface area contributed by atoms with Gasteiger partial charge in [-0.05, 0) is 41.8 Å². The molecule has 2 rings (SSSR count). The first-order valence-corrected chi connectivity index (χ1v) is 8.23. The number of hydrogen-bond acceptors (Lipinski definition) is 4. The van der Waals surface area contributed by atoms with Crippen molar-refractivity contribution in [3.05, 3.63) is 58.6 Å². The Bertz CT molecular complexity index is 703. The lowest BCUT2D eigenvalue weighted by atomic mass is 10.1. The molecule has 0 heterocycles. The van der Waals surface area contributed by atoms with E-state index in [-0.39, 0.29) is 5.91 Å². The summed E-state index contributed by atoms with van der Waals surface area (Å²) in [5, 5.41) is 3.51. The molecule has 2 aromatic carbocycles. The first kappa shape index (κ1) is 19.1. The van der Waals surface area contributed by atoms with Gasteiger partial charge in [-0.2, -0.15) is 0 Å².